The standard InChI is InChI=1S/C18H34O4/c1-14(15-2-6-17(7-3-15)21-12-10-19)16-4-8-18(9-5-16)22-13-11-20/h14-20H,2-13H2,1H3. The molecule has 0 radical (unpaired) electrons. The molecule has 0 unspecified atom stereocenters. The smallest absolute Gasteiger partial charge is 0.0701 e. The van der Waals surface area contributed by atoms with E-state index in [2.05, 4.69) is 6.92 Å². The Morgan fingerprint density at radius 3 is 1.41 bits per heavy atom. The Kier molecular flexibility index (Phi) is 8.15. The summed E-state index contributed by atoms with van der Waals surface area (Å²) in [5.74, 6) is 2.49. The fourth-order valence-corrected chi connectivity index (χ4v) is 4.39. The van der Waals surface area contributed by atoms with E-state index < -0.39 is 0 Å². The van der Waals surface area contributed by atoms with Crippen molar-refractivity contribution in [3.8, 4) is 0 Å². The summed E-state index contributed by atoms with van der Waals surface area (Å²) in [5.41, 5.74) is 0. The van der Waals surface area contributed by atoms with Gasteiger partial charge < -0.3 is 19.7 Å². The third kappa shape index (κ3) is 5.48. The number of hydrogen-bond donors (Lipinski definition) is 2. The number of ether oxygens (including phenoxy) is 2. The minimum absolute atomic E-state index is 0.137. The Hall–Kier alpha value is -0.160. The molecule has 0 heterocycles. The van der Waals surface area contributed by atoms with Gasteiger partial charge in [0, 0.05) is 0 Å². The number of hydrogen-bond acceptors (Lipinski definition) is 4. The predicted molar refractivity (Wildman–Crippen MR) is 86.7 cm³/mol. The number of aliphatic hydroxyl groups is 2. The maximum Gasteiger partial charge on any atom is 0.0701 e. The Morgan fingerprint density at radius 2 is 1.09 bits per heavy atom. The molecule has 0 aromatic rings. The molecule has 2 saturated carbocycles. The van der Waals surface area contributed by atoms with E-state index in [9.17, 15) is 0 Å². The van der Waals surface area contributed by atoms with Gasteiger partial charge in [0.25, 0.3) is 0 Å². The van der Waals surface area contributed by atoms with Crippen molar-refractivity contribution >= 4 is 0 Å². The molecule has 22 heavy (non-hydrogen) atoms. The van der Waals surface area contributed by atoms with Crippen LogP contribution in [0.1, 0.15) is 58.3 Å². The highest BCUT2D eigenvalue weighted by molar-refractivity contribution is 4.83. The molecule has 2 rings (SSSR count). The predicted octanol–water partition coefficient (Wildman–Crippen LogP) is 2.76. The van der Waals surface area contributed by atoms with E-state index in [1.165, 1.54) is 25.7 Å². The first-order chi connectivity index (χ1) is 10.7. The highest BCUT2D eigenvalue weighted by atomic mass is 16.5. The normalized spacial score (nSPS) is 34.5. The van der Waals surface area contributed by atoms with Gasteiger partial charge >= 0.3 is 0 Å². The Morgan fingerprint density at radius 1 is 0.727 bits per heavy atom. The van der Waals surface area contributed by atoms with Gasteiger partial charge in [0.15, 0.2) is 0 Å². The summed E-state index contributed by atoms with van der Waals surface area (Å²) in [7, 11) is 0. The van der Waals surface area contributed by atoms with Crippen molar-refractivity contribution in [2.75, 3.05) is 26.4 Å². The molecule has 0 aromatic heterocycles. The highest BCUT2D eigenvalue weighted by Gasteiger charge is 2.32. The van der Waals surface area contributed by atoms with Crippen LogP contribution in [0.5, 0.6) is 0 Å². The minimum atomic E-state index is 0.137. The summed E-state index contributed by atoms with van der Waals surface area (Å²) in [6, 6.07) is 0. The van der Waals surface area contributed by atoms with Crippen molar-refractivity contribution < 1.29 is 19.7 Å². The van der Waals surface area contributed by atoms with Gasteiger partial charge in [-0.25, -0.2) is 0 Å². The lowest BCUT2D eigenvalue weighted by atomic mass is 9.70. The Labute approximate surface area is 135 Å². The fourth-order valence-electron chi connectivity index (χ4n) is 4.39. The summed E-state index contributed by atoms with van der Waals surface area (Å²) >= 11 is 0. The van der Waals surface area contributed by atoms with E-state index in [1.54, 1.807) is 0 Å². The zero-order valence-corrected chi connectivity index (χ0v) is 14.1. The molecule has 0 atom stereocenters. The van der Waals surface area contributed by atoms with Gasteiger partial charge in [0.05, 0.1) is 38.6 Å². The van der Waals surface area contributed by atoms with E-state index in [1.807, 2.05) is 0 Å². The third-order valence-corrected chi connectivity index (χ3v) is 5.81. The molecule has 4 nitrogen and oxygen atoms in total. The number of aliphatic hydroxyl groups excluding tert-OH is 2. The van der Waals surface area contributed by atoms with Crippen molar-refractivity contribution in [2.24, 2.45) is 17.8 Å². The second-order valence-corrected chi connectivity index (χ2v) is 7.12. The lowest BCUT2D eigenvalue weighted by Crippen LogP contribution is -2.32. The van der Waals surface area contributed by atoms with E-state index in [-0.39, 0.29) is 13.2 Å². The lowest BCUT2D eigenvalue weighted by Gasteiger charge is -2.39. The van der Waals surface area contributed by atoms with Gasteiger partial charge in [-0.05, 0) is 69.1 Å². The lowest BCUT2D eigenvalue weighted by molar-refractivity contribution is -0.0210. The van der Waals surface area contributed by atoms with Crippen LogP contribution in [0, 0.1) is 17.8 Å². The first-order valence-electron chi connectivity index (χ1n) is 9.19. The molecule has 0 saturated heterocycles. The van der Waals surface area contributed by atoms with Crippen LogP contribution in [-0.4, -0.2) is 48.8 Å². The number of rotatable bonds is 8. The van der Waals surface area contributed by atoms with Crippen LogP contribution in [0.2, 0.25) is 0 Å². The first kappa shape index (κ1) is 18.2. The minimum Gasteiger partial charge on any atom is -0.394 e. The summed E-state index contributed by atoms with van der Waals surface area (Å²) in [6.45, 7) is 3.69. The van der Waals surface area contributed by atoms with Crippen molar-refractivity contribution in [2.45, 2.75) is 70.5 Å². The second-order valence-electron chi connectivity index (χ2n) is 7.12. The molecule has 0 aromatic carbocycles. The zero-order valence-electron chi connectivity index (χ0n) is 14.1. The molecule has 2 N–H and O–H groups in total. The monoisotopic (exact) mass is 314 g/mol. The third-order valence-electron chi connectivity index (χ3n) is 5.81. The molecule has 0 amide bonds. The molecule has 0 aliphatic heterocycles. The zero-order chi connectivity index (χ0) is 15.8. The largest absolute Gasteiger partial charge is 0.394 e. The van der Waals surface area contributed by atoms with Crippen LogP contribution in [0.25, 0.3) is 0 Å². The molecule has 2 aliphatic carbocycles. The highest BCUT2D eigenvalue weighted by Crippen LogP contribution is 2.40. The van der Waals surface area contributed by atoms with Crippen LogP contribution in [0.15, 0.2) is 0 Å². The van der Waals surface area contributed by atoms with Crippen LogP contribution in [0.4, 0.5) is 0 Å². The summed E-state index contributed by atoms with van der Waals surface area (Å²) in [4.78, 5) is 0. The van der Waals surface area contributed by atoms with E-state index in [0.717, 1.165) is 43.4 Å². The first-order valence-corrected chi connectivity index (χ1v) is 9.19. The van der Waals surface area contributed by atoms with Gasteiger partial charge in [-0.3, -0.25) is 0 Å². The van der Waals surface area contributed by atoms with Crippen LogP contribution >= 0.6 is 0 Å². The van der Waals surface area contributed by atoms with Crippen LogP contribution < -0.4 is 0 Å². The Bertz CT molecular complexity index is 253. The second kappa shape index (κ2) is 9.86. The maximum atomic E-state index is 8.83. The van der Waals surface area contributed by atoms with Gasteiger partial charge in [-0.1, -0.05) is 6.92 Å². The van der Waals surface area contributed by atoms with Gasteiger partial charge in [-0.2, -0.15) is 0 Å². The molecular weight excluding hydrogens is 280 g/mol. The quantitative estimate of drug-likeness (QED) is 0.723. The maximum absolute atomic E-state index is 8.83. The fraction of sp³-hybridized carbons (Fsp3) is 1.00. The van der Waals surface area contributed by atoms with Gasteiger partial charge in [0.1, 0.15) is 0 Å². The summed E-state index contributed by atoms with van der Waals surface area (Å²) in [5, 5.41) is 17.7. The molecular formula is C18H34O4. The van der Waals surface area contributed by atoms with E-state index in [4.69, 9.17) is 19.7 Å². The van der Waals surface area contributed by atoms with E-state index in [0.29, 0.717) is 25.4 Å². The topological polar surface area (TPSA) is 58.9 Å². The van der Waals surface area contributed by atoms with Gasteiger partial charge in [-0.15, -0.1) is 0 Å². The SMILES string of the molecule is CC(C1CCC(OCCO)CC1)C1CCC(OCCO)CC1. The molecule has 130 valence electrons. The van der Waals surface area contributed by atoms with E-state index >= 15 is 0 Å². The van der Waals surface area contributed by atoms with Crippen molar-refractivity contribution in [3.05, 3.63) is 0 Å². The molecule has 2 aliphatic rings. The van der Waals surface area contributed by atoms with Crippen molar-refractivity contribution in [1.82, 2.24) is 0 Å². The van der Waals surface area contributed by atoms with Crippen molar-refractivity contribution in [3.63, 3.8) is 0 Å². The molecule has 2 fully saturated rings. The van der Waals surface area contributed by atoms with Gasteiger partial charge in [0.2, 0.25) is 0 Å². The molecule has 0 bridgehead atoms. The molecule has 4 heteroatoms. The van der Waals surface area contributed by atoms with Crippen LogP contribution in [0.3, 0.4) is 0 Å². The summed E-state index contributed by atoms with van der Waals surface area (Å²) < 4.78 is 11.3. The Balaban J connectivity index is 1.66. The molecule has 0 spiro atoms. The average molecular weight is 314 g/mol. The van der Waals surface area contributed by atoms with Crippen molar-refractivity contribution in [1.29, 1.82) is 0 Å². The van der Waals surface area contributed by atoms with Crippen LogP contribution in [-0.2, 0) is 9.47 Å². The summed E-state index contributed by atoms with van der Waals surface area (Å²) in [6.07, 6.45) is 10.5. The average Bonchev–Trinajstić information content (AvgIpc) is 2.58.